The van der Waals surface area contributed by atoms with E-state index in [-0.39, 0.29) is 0 Å². The van der Waals surface area contributed by atoms with Crippen LogP contribution in [0.15, 0.2) is 95.4 Å². The van der Waals surface area contributed by atoms with Crippen LogP contribution in [0.2, 0.25) is 5.02 Å². The Morgan fingerprint density at radius 3 is 2.44 bits per heavy atom. The van der Waals surface area contributed by atoms with Crippen molar-refractivity contribution in [3.8, 4) is 22.6 Å². The molecule has 4 aromatic carbocycles. The number of hydrogen-bond acceptors (Lipinski definition) is 4. The molecule has 0 unspecified atom stereocenters. The Bertz CT molecular complexity index is 1440. The van der Waals surface area contributed by atoms with E-state index in [2.05, 4.69) is 17.1 Å². The minimum atomic E-state index is 0.427. The Kier molecular flexibility index (Phi) is 6.32. The summed E-state index contributed by atoms with van der Waals surface area (Å²) in [6.45, 7) is 0.427. The van der Waals surface area contributed by atoms with Crippen LogP contribution in [-0.4, -0.2) is 12.1 Å². The van der Waals surface area contributed by atoms with E-state index in [0.29, 0.717) is 29.0 Å². The monoisotopic (exact) mass is 467 g/mol. The molecule has 34 heavy (non-hydrogen) atoms. The highest BCUT2D eigenvalue weighted by Gasteiger charge is 2.08. The van der Waals surface area contributed by atoms with Gasteiger partial charge in [-0.15, -0.1) is 0 Å². The molecule has 0 aliphatic carbocycles. The fourth-order valence-electron chi connectivity index (χ4n) is 3.64. The molecule has 5 rings (SSSR count). The van der Waals surface area contributed by atoms with Crippen molar-refractivity contribution in [2.45, 2.75) is 6.61 Å². The fourth-order valence-corrected chi connectivity index (χ4v) is 3.77. The predicted molar refractivity (Wildman–Crippen MR) is 137 cm³/mol. The van der Waals surface area contributed by atoms with Gasteiger partial charge in [0.25, 0.3) is 0 Å². The molecule has 0 bridgehead atoms. The third-order valence-electron chi connectivity index (χ3n) is 5.42. The molecule has 0 radical (unpaired) electrons. The van der Waals surface area contributed by atoms with Crippen LogP contribution in [0.3, 0.4) is 0 Å². The first-order chi connectivity index (χ1) is 16.7. The van der Waals surface area contributed by atoms with Gasteiger partial charge in [-0.25, -0.2) is 4.98 Å². The average molecular weight is 468 g/mol. The van der Waals surface area contributed by atoms with Gasteiger partial charge in [-0.3, -0.25) is 0 Å². The summed E-state index contributed by atoms with van der Waals surface area (Å²) >= 11 is 5.94. The molecule has 4 nitrogen and oxygen atoms in total. The van der Waals surface area contributed by atoms with E-state index < -0.39 is 0 Å². The van der Waals surface area contributed by atoms with Crippen molar-refractivity contribution in [3.63, 3.8) is 0 Å². The van der Waals surface area contributed by atoms with Gasteiger partial charge in [0, 0.05) is 11.1 Å². The standard InChI is InChI=1S/C29H22ClNO3/c1-32-28-17-20(9-14-27(28)33-19-21-7-12-24(30)13-8-21)10-16-29-31-25-18-23(11-15-26(25)34-29)22-5-3-2-4-6-22/h2-18H,19H2,1H3/b16-10+. The normalized spacial score (nSPS) is 11.2. The van der Waals surface area contributed by atoms with Crippen LogP contribution in [0.5, 0.6) is 11.5 Å². The molecular formula is C29H22ClNO3. The van der Waals surface area contributed by atoms with Gasteiger partial charge in [0.05, 0.1) is 7.11 Å². The number of fused-ring (bicyclic) bond motifs is 1. The van der Waals surface area contributed by atoms with Gasteiger partial charge in [-0.2, -0.15) is 0 Å². The van der Waals surface area contributed by atoms with Gasteiger partial charge in [0.1, 0.15) is 12.1 Å². The van der Waals surface area contributed by atoms with Crippen molar-refractivity contribution < 1.29 is 13.9 Å². The molecule has 0 saturated carbocycles. The maximum Gasteiger partial charge on any atom is 0.220 e. The van der Waals surface area contributed by atoms with Gasteiger partial charge in [0.2, 0.25) is 5.89 Å². The molecule has 5 aromatic rings. The summed E-state index contributed by atoms with van der Waals surface area (Å²) in [6.07, 6.45) is 3.79. The number of nitrogens with zero attached hydrogens (tertiary/aromatic N) is 1. The van der Waals surface area contributed by atoms with Gasteiger partial charge >= 0.3 is 0 Å². The SMILES string of the molecule is COc1cc(/C=C/c2nc3cc(-c4ccccc4)ccc3o2)ccc1OCc1ccc(Cl)cc1. The van der Waals surface area contributed by atoms with Crippen molar-refractivity contribution in [3.05, 3.63) is 113 Å². The molecule has 0 N–H and O–H groups in total. The zero-order valence-electron chi connectivity index (χ0n) is 18.6. The van der Waals surface area contributed by atoms with Crippen molar-refractivity contribution in [2.24, 2.45) is 0 Å². The lowest BCUT2D eigenvalue weighted by molar-refractivity contribution is 0.284. The molecule has 168 valence electrons. The van der Waals surface area contributed by atoms with E-state index in [0.717, 1.165) is 33.4 Å². The summed E-state index contributed by atoms with van der Waals surface area (Å²) in [5.74, 6) is 1.87. The minimum absolute atomic E-state index is 0.427. The van der Waals surface area contributed by atoms with Crippen LogP contribution in [0.1, 0.15) is 17.0 Å². The summed E-state index contributed by atoms with van der Waals surface area (Å²) in [4.78, 5) is 4.62. The van der Waals surface area contributed by atoms with Crippen LogP contribution in [0.25, 0.3) is 34.4 Å². The van der Waals surface area contributed by atoms with Crippen LogP contribution in [0, 0.1) is 0 Å². The Balaban J connectivity index is 1.31. The number of halogens is 1. The zero-order chi connectivity index (χ0) is 23.3. The second kappa shape index (κ2) is 9.86. The predicted octanol–water partition coefficient (Wildman–Crippen LogP) is 7.91. The lowest BCUT2D eigenvalue weighted by Crippen LogP contribution is -1.97. The first-order valence-corrected chi connectivity index (χ1v) is 11.2. The highest BCUT2D eigenvalue weighted by atomic mass is 35.5. The lowest BCUT2D eigenvalue weighted by atomic mass is 10.1. The van der Waals surface area contributed by atoms with E-state index in [9.17, 15) is 0 Å². The number of methoxy groups -OCH3 is 1. The highest BCUT2D eigenvalue weighted by Crippen LogP contribution is 2.30. The van der Waals surface area contributed by atoms with Crippen molar-refractivity contribution in [2.75, 3.05) is 7.11 Å². The number of rotatable bonds is 7. The molecule has 5 heteroatoms. The van der Waals surface area contributed by atoms with Crippen molar-refractivity contribution in [1.29, 1.82) is 0 Å². The molecule has 1 heterocycles. The highest BCUT2D eigenvalue weighted by molar-refractivity contribution is 6.30. The minimum Gasteiger partial charge on any atom is -0.493 e. The number of oxazole rings is 1. The molecular weight excluding hydrogens is 446 g/mol. The maximum atomic E-state index is 5.94. The summed E-state index contributed by atoms with van der Waals surface area (Å²) in [7, 11) is 1.63. The Morgan fingerprint density at radius 2 is 1.65 bits per heavy atom. The smallest absolute Gasteiger partial charge is 0.220 e. The Labute approximate surface area is 203 Å². The fraction of sp³-hybridized carbons (Fsp3) is 0.0690. The van der Waals surface area contributed by atoms with Crippen LogP contribution in [-0.2, 0) is 6.61 Å². The number of aromatic nitrogens is 1. The lowest BCUT2D eigenvalue weighted by Gasteiger charge is -2.11. The molecule has 0 aliphatic rings. The number of hydrogen-bond donors (Lipinski definition) is 0. The van der Waals surface area contributed by atoms with Crippen LogP contribution in [0.4, 0.5) is 0 Å². The topological polar surface area (TPSA) is 44.5 Å². The molecule has 1 aromatic heterocycles. The van der Waals surface area contributed by atoms with Gasteiger partial charge in [-0.05, 0) is 64.7 Å². The van der Waals surface area contributed by atoms with E-state index in [1.165, 1.54) is 0 Å². The van der Waals surface area contributed by atoms with E-state index in [4.69, 9.17) is 25.5 Å². The maximum absolute atomic E-state index is 5.94. The van der Waals surface area contributed by atoms with E-state index in [1.54, 1.807) is 7.11 Å². The van der Waals surface area contributed by atoms with E-state index in [1.807, 2.05) is 91.0 Å². The largest absolute Gasteiger partial charge is 0.493 e. The second-order valence-electron chi connectivity index (χ2n) is 7.76. The first kappa shape index (κ1) is 21.8. The van der Waals surface area contributed by atoms with E-state index >= 15 is 0 Å². The molecule has 0 saturated heterocycles. The molecule has 0 spiro atoms. The third-order valence-corrected chi connectivity index (χ3v) is 5.68. The number of ether oxygens (including phenoxy) is 2. The average Bonchev–Trinajstić information content (AvgIpc) is 3.30. The van der Waals surface area contributed by atoms with Gasteiger partial charge < -0.3 is 13.9 Å². The zero-order valence-corrected chi connectivity index (χ0v) is 19.3. The number of benzene rings is 4. The van der Waals surface area contributed by atoms with Crippen molar-refractivity contribution in [1.82, 2.24) is 4.98 Å². The molecule has 0 fully saturated rings. The molecule has 0 aliphatic heterocycles. The summed E-state index contributed by atoms with van der Waals surface area (Å²) in [5.41, 5.74) is 5.81. The Morgan fingerprint density at radius 1 is 0.824 bits per heavy atom. The van der Waals surface area contributed by atoms with Crippen LogP contribution < -0.4 is 9.47 Å². The first-order valence-electron chi connectivity index (χ1n) is 10.9. The van der Waals surface area contributed by atoms with Gasteiger partial charge in [0.15, 0.2) is 17.1 Å². The quantitative estimate of drug-likeness (QED) is 0.244. The third kappa shape index (κ3) is 4.98. The van der Waals surface area contributed by atoms with Crippen molar-refractivity contribution >= 4 is 34.9 Å². The summed E-state index contributed by atoms with van der Waals surface area (Å²) in [5, 5.41) is 0.702. The Hall–Kier alpha value is -4.02. The molecule has 0 amide bonds. The summed E-state index contributed by atoms with van der Waals surface area (Å²) in [6, 6.07) is 29.6. The van der Waals surface area contributed by atoms with Crippen LogP contribution >= 0.6 is 11.6 Å². The second-order valence-corrected chi connectivity index (χ2v) is 8.20. The summed E-state index contributed by atoms with van der Waals surface area (Å²) < 4.78 is 17.4. The van der Waals surface area contributed by atoms with Gasteiger partial charge in [-0.1, -0.05) is 66.2 Å². The molecule has 0 atom stereocenters.